The maximum absolute atomic E-state index is 12.5. The van der Waals surface area contributed by atoms with Crippen molar-refractivity contribution in [2.24, 2.45) is 10.9 Å². The lowest BCUT2D eigenvalue weighted by Crippen LogP contribution is -2.45. The van der Waals surface area contributed by atoms with Gasteiger partial charge in [-0.1, -0.05) is 26.2 Å². The van der Waals surface area contributed by atoms with E-state index in [1.54, 1.807) is 7.05 Å². The van der Waals surface area contributed by atoms with Crippen LogP contribution in [0.2, 0.25) is 0 Å². The number of thiazole rings is 1. The largest absolute Gasteiger partial charge is 0.434 e. The summed E-state index contributed by atoms with van der Waals surface area (Å²) >= 11 is 1.00. The molecule has 1 aliphatic rings. The van der Waals surface area contributed by atoms with E-state index in [1.165, 1.54) is 19.3 Å². The van der Waals surface area contributed by atoms with Gasteiger partial charge < -0.3 is 10.6 Å². The molecule has 2 unspecified atom stereocenters. The van der Waals surface area contributed by atoms with Gasteiger partial charge in [0.2, 0.25) is 0 Å². The van der Waals surface area contributed by atoms with Crippen molar-refractivity contribution in [1.29, 1.82) is 0 Å². The minimum absolute atomic E-state index is 0.240. The molecule has 8 heteroatoms. The summed E-state index contributed by atoms with van der Waals surface area (Å²) in [5.74, 6) is 1.36. The summed E-state index contributed by atoms with van der Waals surface area (Å²) in [7, 11) is 1.67. The minimum atomic E-state index is -4.38. The van der Waals surface area contributed by atoms with Crippen LogP contribution in [-0.4, -0.2) is 24.0 Å². The summed E-state index contributed by atoms with van der Waals surface area (Å²) in [5, 5.41) is 7.86. The molecule has 1 aromatic rings. The van der Waals surface area contributed by atoms with Crippen molar-refractivity contribution >= 4 is 17.3 Å². The molecule has 1 saturated carbocycles. The molecule has 0 aromatic carbocycles. The zero-order valence-corrected chi connectivity index (χ0v) is 14.2. The SMILES string of the molecule is CCC1CCCC(NC(=NC)NCc2nc(C(F)(F)F)cs2)C1. The topological polar surface area (TPSA) is 49.3 Å². The number of nitrogens with zero attached hydrogens (tertiary/aromatic N) is 2. The van der Waals surface area contributed by atoms with Crippen LogP contribution in [0.5, 0.6) is 0 Å². The second-order valence-corrected chi connectivity index (χ2v) is 6.77. The Morgan fingerprint density at radius 1 is 1.43 bits per heavy atom. The molecule has 0 bridgehead atoms. The van der Waals surface area contributed by atoms with Crippen molar-refractivity contribution in [2.45, 2.75) is 57.8 Å². The summed E-state index contributed by atoms with van der Waals surface area (Å²) in [6.45, 7) is 2.45. The summed E-state index contributed by atoms with van der Waals surface area (Å²) < 4.78 is 37.6. The average Bonchev–Trinajstić information content (AvgIpc) is 3.00. The van der Waals surface area contributed by atoms with Crippen molar-refractivity contribution in [3.63, 3.8) is 0 Å². The number of aliphatic imine (C=N–C) groups is 1. The number of rotatable bonds is 4. The van der Waals surface area contributed by atoms with E-state index in [4.69, 9.17) is 0 Å². The molecule has 0 spiro atoms. The van der Waals surface area contributed by atoms with Gasteiger partial charge in [0.05, 0.1) is 6.54 Å². The fraction of sp³-hybridized carbons (Fsp3) is 0.733. The van der Waals surface area contributed by atoms with Crippen molar-refractivity contribution in [3.05, 3.63) is 16.1 Å². The molecule has 1 fully saturated rings. The maximum Gasteiger partial charge on any atom is 0.434 e. The van der Waals surface area contributed by atoms with Crippen LogP contribution >= 0.6 is 11.3 Å². The zero-order chi connectivity index (χ0) is 16.9. The molecule has 2 rings (SSSR count). The van der Waals surface area contributed by atoms with Crippen LogP contribution in [0.4, 0.5) is 13.2 Å². The number of nitrogens with one attached hydrogen (secondary N) is 2. The Bertz CT molecular complexity index is 527. The van der Waals surface area contributed by atoms with Crippen LogP contribution in [0.1, 0.15) is 49.7 Å². The van der Waals surface area contributed by atoms with E-state index in [2.05, 4.69) is 27.5 Å². The van der Waals surface area contributed by atoms with Crippen LogP contribution in [-0.2, 0) is 12.7 Å². The van der Waals surface area contributed by atoms with Gasteiger partial charge in [0.15, 0.2) is 11.7 Å². The summed E-state index contributed by atoms with van der Waals surface area (Å²) in [6.07, 6.45) is 1.50. The molecule has 0 saturated heterocycles. The predicted molar refractivity (Wildman–Crippen MR) is 86.5 cm³/mol. The van der Waals surface area contributed by atoms with Gasteiger partial charge in [0.1, 0.15) is 5.01 Å². The van der Waals surface area contributed by atoms with Crippen LogP contribution < -0.4 is 10.6 Å². The van der Waals surface area contributed by atoms with Crippen LogP contribution in [0.3, 0.4) is 0 Å². The second-order valence-electron chi connectivity index (χ2n) is 5.83. The fourth-order valence-corrected chi connectivity index (χ4v) is 3.60. The average molecular weight is 348 g/mol. The number of alkyl halides is 3. The molecule has 130 valence electrons. The Kier molecular flexibility index (Phi) is 6.26. The minimum Gasteiger partial charge on any atom is -0.354 e. The molecule has 0 aliphatic heterocycles. The van der Waals surface area contributed by atoms with Gasteiger partial charge in [-0.2, -0.15) is 13.2 Å². The van der Waals surface area contributed by atoms with Crippen molar-refractivity contribution in [2.75, 3.05) is 7.05 Å². The van der Waals surface area contributed by atoms with Crippen molar-refractivity contribution < 1.29 is 13.2 Å². The second kappa shape index (κ2) is 7.99. The van der Waals surface area contributed by atoms with Gasteiger partial charge in [-0.25, -0.2) is 4.98 Å². The maximum atomic E-state index is 12.5. The van der Waals surface area contributed by atoms with E-state index in [1.807, 2.05) is 0 Å². The predicted octanol–water partition coefficient (Wildman–Crippen LogP) is 3.80. The monoisotopic (exact) mass is 348 g/mol. The first-order valence-corrected chi connectivity index (χ1v) is 8.79. The highest BCUT2D eigenvalue weighted by Crippen LogP contribution is 2.30. The summed E-state index contributed by atoms with van der Waals surface area (Å²) in [4.78, 5) is 7.76. The molecule has 23 heavy (non-hydrogen) atoms. The summed E-state index contributed by atoms with van der Waals surface area (Å²) in [5.41, 5.74) is -0.833. The Morgan fingerprint density at radius 3 is 2.83 bits per heavy atom. The Labute approximate surface area is 138 Å². The highest BCUT2D eigenvalue weighted by molar-refractivity contribution is 7.09. The molecular weight excluding hydrogens is 325 g/mol. The Hall–Kier alpha value is -1.31. The van der Waals surface area contributed by atoms with Crippen LogP contribution in [0.15, 0.2) is 10.4 Å². The smallest absolute Gasteiger partial charge is 0.354 e. The number of hydrogen-bond donors (Lipinski definition) is 2. The molecule has 2 atom stereocenters. The van der Waals surface area contributed by atoms with Gasteiger partial charge in [-0.05, 0) is 18.8 Å². The lowest BCUT2D eigenvalue weighted by atomic mass is 9.84. The summed E-state index contributed by atoms with van der Waals surface area (Å²) in [6, 6.07) is 0.377. The normalized spacial score (nSPS) is 22.9. The van der Waals surface area contributed by atoms with Gasteiger partial charge in [-0.15, -0.1) is 11.3 Å². The van der Waals surface area contributed by atoms with Crippen LogP contribution in [0.25, 0.3) is 0 Å². The first-order valence-electron chi connectivity index (χ1n) is 7.91. The zero-order valence-electron chi connectivity index (χ0n) is 13.4. The standard InChI is InChI=1S/C15H23F3N4S/c1-3-10-5-4-6-11(7-10)21-14(19-2)20-8-13-22-12(9-23-13)15(16,17)18/h9-11H,3-8H2,1-2H3,(H2,19,20,21). The molecule has 1 aliphatic carbocycles. The number of halogens is 3. The van der Waals surface area contributed by atoms with E-state index in [9.17, 15) is 13.2 Å². The lowest BCUT2D eigenvalue weighted by Gasteiger charge is -2.30. The number of guanidine groups is 1. The fourth-order valence-electron chi connectivity index (χ4n) is 2.86. The van der Waals surface area contributed by atoms with Gasteiger partial charge in [0, 0.05) is 18.5 Å². The first kappa shape index (κ1) is 18.0. The quantitative estimate of drug-likeness (QED) is 0.643. The Morgan fingerprint density at radius 2 is 2.22 bits per heavy atom. The van der Waals surface area contributed by atoms with E-state index in [0.29, 0.717) is 17.0 Å². The molecule has 0 radical (unpaired) electrons. The molecular formula is C15H23F3N4S. The van der Waals surface area contributed by atoms with Crippen molar-refractivity contribution in [3.8, 4) is 0 Å². The van der Waals surface area contributed by atoms with Crippen molar-refractivity contribution in [1.82, 2.24) is 15.6 Å². The van der Waals surface area contributed by atoms with E-state index >= 15 is 0 Å². The third-order valence-electron chi connectivity index (χ3n) is 4.17. The van der Waals surface area contributed by atoms with E-state index < -0.39 is 11.9 Å². The highest BCUT2D eigenvalue weighted by atomic mass is 32.1. The third-order valence-corrected chi connectivity index (χ3v) is 5.02. The number of hydrogen-bond acceptors (Lipinski definition) is 3. The lowest BCUT2D eigenvalue weighted by molar-refractivity contribution is -0.140. The van der Waals surface area contributed by atoms with Gasteiger partial charge in [0.25, 0.3) is 0 Å². The Balaban J connectivity index is 1.84. The third kappa shape index (κ3) is 5.37. The molecule has 2 N–H and O–H groups in total. The van der Waals surface area contributed by atoms with Gasteiger partial charge in [-0.3, -0.25) is 4.99 Å². The van der Waals surface area contributed by atoms with Crippen LogP contribution in [0, 0.1) is 5.92 Å². The van der Waals surface area contributed by atoms with E-state index in [0.717, 1.165) is 35.5 Å². The van der Waals surface area contributed by atoms with Gasteiger partial charge >= 0.3 is 6.18 Å². The molecule has 1 heterocycles. The highest BCUT2D eigenvalue weighted by Gasteiger charge is 2.33. The first-order chi connectivity index (χ1) is 10.9. The van der Waals surface area contributed by atoms with E-state index in [-0.39, 0.29) is 6.54 Å². The molecule has 1 aromatic heterocycles. The molecule has 4 nitrogen and oxygen atoms in total. The molecule has 0 amide bonds. The number of aromatic nitrogens is 1.